The van der Waals surface area contributed by atoms with Gasteiger partial charge in [0.2, 0.25) is 0 Å². The summed E-state index contributed by atoms with van der Waals surface area (Å²) in [7, 11) is 2.99. The van der Waals surface area contributed by atoms with Crippen LogP contribution in [0.15, 0.2) is 24.3 Å². The Labute approximate surface area is 175 Å². The minimum absolute atomic E-state index is 0.102. The highest BCUT2D eigenvalue weighted by molar-refractivity contribution is 5.69. The number of aliphatic hydroxyl groups is 3. The van der Waals surface area contributed by atoms with Gasteiger partial charge in [0.05, 0.1) is 24.9 Å². The summed E-state index contributed by atoms with van der Waals surface area (Å²) >= 11 is 0. The molecule has 1 aliphatic rings. The SMILES string of the molecule is CCCC[C@](C)(OC)[C@@H](O)/C=C/C1[C@H](O)C[C@H](O)[C@@H]1C/C=C\CCCC(=O)OC. The average molecular weight is 413 g/mol. The number of aliphatic hydroxyl groups excluding tert-OH is 3. The summed E-state index contributed by atoms with van der Waals surface area (Å²) < 4.78 is 10.2. The van der Waals surface area contributed by atoms with Gasteiger partial charge >= 0.3 is 5.97 Å². The number of allylic oxidation sites excluding steroid dienone is 2. The van der Waals surface area contributed by atoms with Crippen LogP contribution < -0.4 is 0 Å². The third-order valence-corrected chi connectivity index (χ3v) is 6.10. The standard InChI is InChI=1S/C23H40O6/c1-5-6-15-23(2,29-4)21(26)14-13-18-17(19(24)16-20(18)25)11-9-7-8-10-12-22(27)28-3/h7,9,13-14,17-21,24-26H,5-6,8,10-12,15-16H2,1-4H3/b9-7-,14-13+/t17-,18?,19+,20-,21+,23+/m1/s1. The van der Waals surface area contributed by atoms with Gasteiger partial charge in [-0.3, -0.25) is 4.79 Å². The van der Waals surface area contributed by atoms with Crippen molar-refractivity contribution in [1.29, 1.82) is 0 Å². The molecule has 0 aromatic heterocycles. The summed E-state index contributed by atoms with van der Waals surface area (Å²) in [5.74, 6) is -0.528. The Morgan fingerprint density at radius 3 is 2.55 bits per heavy atom. The Morgan fingerprint density at radius 2 is 1.93 bits per heavy atom. The van der Waals surface area contributed by atoms with Crippen LogP contribution in [0.5, 0.6) is 0 Å². The number of rotatable bonds is 13. The molecule has 0 aromatic rings. The van der Waals surface area contributed by atoms with Crippen LogP contribution in [0.4, 0.5) is 0 Å². The van der Waals surface area contributed by atoms with Crippen molar-refractivity contribution in [3.63, 3.8) is 0 Å². The molecule has 0 radical (unpaired) electrons. The molecule has 1 rings (SSSR count). The fraction of sp³-hybridized carbons (Fsp3) is 0.783. The second-order valence-electron chi connectivity index (χ2n) is 8.24. The lowest BCUT2D eigenvalue weighted by Crippen LogP contribution is -2.40. The zero-order valence-corrected chi connectivity index (χ0v) is 18.4. The van der Waals surface area contributed by atoms with Crippen LogP contribution in [0.3, 0.4) is 0 Å². The third-order valence-electron chi connectivity index (χ3n) is 6.10. The molecule has 1 fully saturated rings. The molecule has 3 N–H and O–H groups in total. The number of carbonyl (C=O) groups excluding carboxylic acids is 1. The molecule has 1 saturated carbocycles. The van der Waals surface area contributed by atoms with Gasteiger partial charge in [-0.25, -0.2) is 0 Å². The van der Waals surface area contributed by atoms with Gasteiger partial charge in [0.15, 0.2) is 0 Å². The minimum atomic E-state index is -0.779. The molecule has 6 atom stereocenters. The van der Waals surface area contributed by atoms with Crippen molar-refractivity contribution in [3.05, 3.63) is 24.3 Å². The number of unbranched alkanes of at least 4 members (excludes halogenated alkanes) is 2. The van der Waals surface area contributed by atoms with Gasteiger partial charge in [-0.05, 0) is 38.5 Å². The Balaban J connectivity index is 2.65. The van der Waals surface area contributed by atoms with Crippen molar-refractivity contribution in [2.45, 2.75) is 89.1 Å². The quantitative estimate of drug-likeness (QED) is 0.244. The summed E-state index contributed by atoms with van der Waals surface area (Å²) in [6.45, 7) is 3.99. The van der Waals surface area contributed by atoms with E-state index in [9.17, 15) is 20.1 Å². The topological polar surface area (TPSA) is 96.2 Å². The van der Waals surface area contributed by atoms with Crippen molar-refractivity contribution >= 4 is 5.97 Å². The highest BCUT2D eigenvalue weighted by Crippen LogP contribution is 2.37. The van der Waals surface area contributed by atoms with Crippen LogP contribution in [0.1, 0.15) is 65.2 Å². The molecular weight excluding hydrogens is 372 g/mol. The molecule has 0 heterocycles. The van der Waals surface area contributed by atoms with Gasteiger partial charge in [0, 0.05) is 25.9 Å². The lowest BCUT2D eigenvalue weighted by Gasteiger charge is -2.32. The van der Waals surface area contributed by atoms with Crippen LogP contribution in [0.2, 0.25) is 0 Å². The number of esters is 1. The summed E-state index contributed by atoms with van der Waals surface area (Å²) in [6.07, 6.45) is 11.2. The zero-order valence-electron chi connectivity index (χ0n) is 18.4. The fourth-order valence-corrected chi connectivity index (χ4v) is 3.88. The van der Waals surface area contributed by atoms with E-state index in [0.29, 0.717) is 19.3 Å². The summed E-state index contributed by atoms with van der Waals surface area (Å²) in [5.41, 5.74) is -0.663. The predicted molar refractivity (Wildman–Crippen MR) is 113 cm³/mol. The summed E-state index contributed by atoms with van der Waals surface area (Å²) in [6, 6.07) is 0. The molecule has 0 amide bonds. The van der Waals surface area contributed by atoms with Crippen LogP contribution in [-0.4, -0.2) is 59.4 Å². The van der Waals surface area contributed by atoms with Gasteiger partial charge in [0.25, 0.3) is 0 Å². The summed E-state index contributed by atoms with van der Waals surface area (Å²) in [5, 5.41) is 31.3. The molecule has 0 aliphatic heterocycles. The van der Waals surface area contributed by atoms with Crippen molar-refractivity contribution in [3.8, 4) is 0 Å². The lowest BCUT2D eigenvalue weighted by atomic mass is 9.87. The monoisotopic (exact) mass is 412 g/mol. The Hall–Kier alpha value is -1.21. The van der Waals surface area contributed by atoms with Crippen LogP contribution in [0.25, 0.3) is 0 Å². The Kier molecular flexibility index (Phi) is 11.7. The second kappa shape index (κ2) is 13.2. The first-order valence-corrected chi connectivity index (χ1v) is 10.8. The molecule has 1 unspecified atom stereocenters. The maximum absolute atomic E-state index is 11.1. The highest BCUT2D eigenvalue weighted by atomic mass is 16.5. The molecule has 0 aromatic carbocycles. The Bertz CT molecular complexity index is 531. The molecule has 1 aliphatic carbocycles. The number of hydrogen-bond donors (Lipinski definition) is 3. The maximum Gasteiger partial charge on any atom is 0.305 e. The first kappa shape index (κ1) is 25.8. The Morgan fingerprint density at radius 1 is 1.21 bits per heavy atom. The van der Waals surface area contributed by atoms with Crippen molar-refractivity contribution < 1.29 is 29.6 Å². The van der Waals surface area contributed by atoms with E-state index in [4.69, 9.17) is 4.74 Å². The number of carbonyl (C=O) groups is 1. The third kappa shape index (κ3) is 8.21. The van der Waals surface area contributed by atoms with E-state index in [1.54, 1.807) is 13.2 Å². The first-order valence-electron chi connectivity index (χ1n) is 10.8. The smallest absolute Gasteiger partial charge is 0.305 e. The van der Waals surface area contributed by atoms with Gasteiger partial charge in [0.1, 0.15) is 6.10 Å². The molecule has 0 saturated heterocycles. The van der Waals surface area contributed by atoms with E-state index >= 15 is 0 Å². The molecular formula is C23H40O6. The lowest BCUT2D eigenvalue weighted by molar-refractivity contribution is -0.140. The molecule has 6 heteroatoms. The number of ether oxygens (including phenoxy) is 2. The van der Waals surface area contributed by atoms with Crippen molar-refractivity contribution in [2.75, 3.05) is 14.2 Å². The van der Waals surface area contributed by atoms with E-state index in [-0.39, 0.29) is 17.8 Å². The van der Waals surface area contributed by atoms with Gasteiger partial charge in [-0.1, -0.05) is 44.1 Å². The molecule has 0 spiro atoms. The van der Waals surface area contributed by atoms with Crippen molar-refractivity contribution in [2.24, 2.45) is 11.8 Å². The number of methoxy groups -OCH3 is 2. The average Bonchev–Trinajstić information content (AvgIpc) is 2.98. The highest BCUT2D eigenvalue weighted by Gasteiger charge is 2.40. The maximum atomic E-state index is 11.1. The van der Waals surface area contributed by atoms with Crippen LogP contribution in [0, 0.1) is 11.8 Å². The molecule has 6 nitrogen and oxygen atoms in total. The van der Waals surface area contributed by atoms with E-state index in [2.05, 4.69) is 11.7 Å². The van der Waals surface area contributed by atoms with Gasteiger partial charge in [-0.2, -0.15) is 0 Å². The van der Waals surface area contributed by atoms with E-state index < -0.39 is 23.9 Å². The number of hydrogen-bond acceptors (Lipinski definition) is 6. The predicted octanol–water partition coefficient (Wildman–Crippen LogP) is 3.15. The minimum Gasteiger partial charge on any atom is -0.469 e. The molecule has 168 valence electrons. The zero-order chi connectivity index (χ0) is 21.9. The van der Waals surface area contributed by atoms with Gasteiger partial charge in [-0.15, -0.1) is 0 Å². The van der Waals surface area contributed by atoms with Crippen molar-refractivity contribution in [1.82, 2.24) is 0 Å². The second-order valence-corrected chi connectivity index (χ2v) is 8.24. The van der Waals surface area contributed by atoms with E-state index in [1.165, 1.54) is 7.11 Å². The summed E-state index contributed by atoms with van der Waals surface area (Å²) in [4.78, 5) is 11.1. The molecule has 0 bridgehead atoms. The van der Waals surface area contributed by atoms with Gasteiger partial charge < -0.3 is 24.8 Å². The van der Waals surface area contributed by atoms with E-state index in [0.717, 1.165) is 32.1 Å². The normalized spacial score (nSPS) is 28.1. The largest absolute Gasteiger partial charge is 0.469 e. The fourth-order valence-electron chi connectivity index (χ4n) is 3.88. The van der Waals surface area contributed by atoms with E-state index in [1.807, 2.05) is 25.2 Å². The van der Waals surface area contributed by atoms with Crippen LogP contribution >= 0.6 is 0 Å². The molecule has 29 heavy (non-hydrogen) atoms. The first-order chi connectivity index (χ1) is 13.8. The van der Waals surface area contributed by atoms with Crippen LogP contribution in [-0.2, 0) is 14.3 Å².